The van der Waals surface area contributed by atoms with Crippen LogP contribution >= 0.6 is 27.3 Å². The van der Waals surface area contributed by atoms with Crippen molar-refractivity contribution in [3.8, 4) is 0 Å². The van der Waals surface area contributed by atoms with Crippen LogP contribution in [0.25, 0.3) is 0 Å². The zero-order valence-electron chi connectivity index (χ0n) is 12.8. The Labute approximate surface area is 148 Å². The monoisotopic (exact) mass is 391 g/mol. The predicted molar refractivity (Wildman–Crippen MR) is 97.0 cm³/mol. The van der Waals surface area contributed by atoms with Crippen LogP contribution in [0.1, 0.15) is 29.3 Å². The number of fused-ring (bicyclic) bond motifs is 1. The van der Waals surface area contributed by atoms with Crippen molar-refractivity contribution in [3.63, 3.8) is 0 Å². The molecule has 2 heterocycles. The molecule has 3 nitrogen and oxygen atoms in total. The molecule has 1 fully saturated rings. The molecule has 2 aliphatic rings. The van der Waals surface area contributed by atoms with Crippen molar-refractivity contribution in [1.82, 2.24) is 0 Å². The third-order valence-electron chi connectivity index (χ3n) is 4.82. The van der Waals surface area contributed by atoms with Gasteiger partial charge >= 0.3 is 0 Å². The first-order valence-electron chi connectivity index (χ1n) is 8.17. The maximum Gasteiger partial charge on any atom is 0.279 e. The molecule has 2 aromatic rings. The van der Waals surface area contributed by atoms with Crippen LogP contribution in [0.5, 0.6) is 0 Å². The van der Waals surface area contributed by atoms with Crippen molar-refractivity contribution >= 4 is 38.9 Å². The van der Waals surface area contributed by atoms with Crippen LogP contribution in [0.3, 0.4) is 0 Å². The van der Waals surface area contributed by atoms with Crippen LogP contribution in [0.4, 0.5) is 5.69 Å². The molecule has 2 atom stereocenters. The lowest BCUT2D eigenvalue weighted by Crippen LogP contribution is -3.14. The smallest absolute Gasteiger partial charge is 0.279 e. The molecule has 5 heteroatoms. The summed E-state index contributed by atoms with van der Waals surface area (Å²) in [6.07, 6.45) is 3.74. The Morgan fingerprint density at radius 3 is 3.00 bits per heavy atom. The molecule has 0 bridgehead atoms. The van der Waals surface area contributed by atoms with Gasteiger partial charge in [-0.15, -0.1) is 11.3 Å². The van der Waals surface area contributed by atoms with Gasteiger partial charge in [0.1, 0.15) is 6.04 Å². The van der Waals surface area contributed by atoms with Gasteiger partial charge in [-0.05, 0) is 42.5 Å². The Morgan fingerprint density at radius 1 is 1.35 bits per heavy atom. The Hall–Kier alpha value is -1.17. The molecule has 4 rings (SSSR count). The van der Waals surface area contributed by atoms with Gasteiger partial charge in [0.25, 0.3) is 5.91 Å². The van der Waals surface area contributed by atoms with E-state index in [1.165, 1.54) is 28.2 Å². The highest BCUT2D eigenvalue weighted by Crippen LogP contribution is 2.42. The largest absolute Gasteiger partial charge is 0.321 e. The second-order valence-electron chi connectivity index (χ2n) is 6.51. The lowest BCUT2D eigenvalue weighted by atomic mass is 9.96. The molecule has 120 valence electrons. The minimum Gasteiger partial charge on any atom is -0.321 e. The van der Waals surface area contributed by atoms with Crippen molar-refractivity contribution in [2.75, 3.05) is 18.4 Å². The number of hydrogen-bond acceptors (Lipinski definition) is 2. The number of carbonyl (C=O) groups excluding carboxylic acids is 1. The van der Waals surface area contributed by atoms with Gasteiger partial charge in [-0.2, -0.15) is 0 Å². The molecule has 0 radical (unpaired) electrons. The van der Waals surface area contributed by atoms with Crippen LogP contribution in [-0.4, -0.2) is 19.0 Å². The van der Waals surface area contributed by atoms with Crippen molar-refractivity contribution in [2.24, 2.45) is 5.92 Å². The number of anilines is 1. The predicted octanol–water partition coefficient (Wildman–Crippen LogP) is 3.04. The van der Waals surface area contributed by atoms with Crippen LogP contribution in [0.2, 0.25) is 0 Å². The molecule has 1 aliphatic carbocycles. The fraction of sp³-hybridized carbons (Fsp3) is 0.389. The minimum atomic E-state index is 0.113. The van der Waals surface area contributed by atoms with Crippen molar-refractivity contribution < 1.29 is 9.69 Å². The number of nitrogens with one attached hydrogen (secondary N) is 2. The molecule has 23 heavy (non-hydrogen) atoms. The average Bonchev–Trinajstić information content (AvgIpc) is 3.23. The van der Waals surface area contributed by atoms with E-state index in [9.17, 15) is 4.79 Å². The maximum absolute atomic E-state index is 12.5. The number of halogens is 1. The highest BCUT2D eigenvalue weighted by Gasteiger charge is 2.43. The van der Waals surface area contributed by atoms with Gasteiger partial charge in [0.15, 0.2) is 6.54 Å². The molecule has 2 N–H and O–H groups in total. The van der Waals surface area contributed by atoms with Crippen molar-refractivity contribution in [3.05, 3.63) is 50.6 Å². The molecule has 1 aromatic heterocycles. The quantitative estimate of drug-likeness (QED) is 0.824. The van der Waals surface area contributed by atoms with Gasteiger partial charge in [-0.25, -0.2) is 0 Å². The summed E-state index contributed by atoms with van der Waals surface area (Å²) < 4.78 is 0.986. The van der Waals surface area contributed by atoms with Crippen LogP contribution in [0.15, 0.2) is 40.2 Å². The summed E-state index contributed by atoms with van der Waals surface area (Å²) in [6.45, 7) is 1.63. The first kappa shape index (κ1) is 15.4. The summed E-state index contributed by atoms with van der Waals surface area (Å²) in [5.74, 6) is 0.889. The summed E-state index contributed by atoms with van der Waals surface area (Å²) in [5, 5.41) is 5.25. The summed E-state index contributed by atoms with van der Waals surface area (Å²) in [5.41, 5.74) is 2.37. The van der Waals surface area contributed by atoms with E-state index in [0.717, 1.165) is 29.0 Å². The van der Waals surface area contributed by atoms with Crippen LogP contribution in [0, 0.1) is 5.92 Å². The maximum atomic E-state index is 12.5. The molecule has 1 unspecified atom stereocenters. The lowest BCUT2D eigenvalue weighted by molar-refractivity contribution is -0.928. The number of carbonyl (C=O) groups is 1. The molecule has 0 saturated heterocycles. The van der Waals surface area contributed by atoms with Gasteiger partial charge in [0, 0.05) is 32.9 Å². The third-order valence-corrected chi connectivity index (χ3v) is 6.31. The van der Waals surface area contributed by atoms with E-state index in [1.54, 1.807) is 0 Å². The number of benzene rings is 1. The fourth-order valence-electron chi connectivity index (χ4n) is 3.67. The standard InChI is InChI=1S/C18H19BrN2OS/c19-13-2-1-3-14(10-13)20-17(22)11-21-8-6-16-15(7-9-23-16)18(21)12-4-5-12/h1-3,7,9-10,12,18H,4-6,8,11H2,(H,20,22)/p+1/t18-/m0/s1. The van der Waals surface area contributed by atoms with E-state index in [-0.39, 0.29) is 5.91 Å². The van der Waals surface area contributed by atoms with E-state index >= 15 is 0 Å². The first-order chi connectivity index (χ1) is 11.2. The van der Waals surface area contributed by atoms with Crippen LogP contribution < -0.4 is 10.2 Å². The van der Waals surface area contributed by atoms with E-state index < -0.39 is 0 Å². The highest BCUT2D eigenvalue weighted by molar-refractivity contribution is 9.10. The Bertz CT molecular complexity index is 725. The van der Waals surface area contributed by atoms with Crippen molar-refractivity contribution in [2.45, 2.75) is 25.3 Å². The molecule has 0 spiro atoms. The topological polar surface area (TPSA) is 33.5 Å². The lowest BCUT2D eigenvalue weighted by Gasteiger charge is -2.32. The van der Waals surface area contributed by atoms with Gasteiger partial charge in [0.05, 0.1) is 6.54 Å². The van der Waals surface area contributed by atoms with E-state index in [4.69, 9.17) is 0 Å². The summed E-state index contributed by atoms with van der Waals surface area (Å²) in [7, 11) is 0. The second-order valence-corrected chi connectivity index (χ2v) is 8.42. The minimum absolute atomic E-state index is 0.113. The van der Waals surface area contributed by atoms with Gasteiger partial charge in [-0.1, -0.05) is 22.0 Å². The number of amides is 1. The zero-order chi connectivity index (χ0) is 15.8. The number of thiophene rings is 1. The Morgan fingerprint density at radius 2 is 2.22 bits per heavy atom. The SMILES string of the molecule is O=C(C[NH+]1CCc2sccc2[C@@H]1C1CC1)Nc1cccc(Br)c1. The van der Waals surface area contributed by atoms with Gasteiger partial charge in [-0.3, -0.25) is 4.79 Å². The summed E-state index contributed by atoms with van der Waals surface area (Å²) >= 11 is 5.33. The third kappa shape index (κ3) is 3.37. The van der Waals surface area contributed by atoms with Crippen LogP contribution in [-0.2, 0) is 11.2 Å². The summed E-state index contributed by atoms with van der Waals surface area (Å²) in [6, 6.07) is 10.6. The molecule has 1 aromatic carbocycles. The summed E-state index contributed by atoms with van der Waals surface area (Å²) in [4.78, 5) is 15.5. The first-order valence-corrected chi connectivity index (χ1v) is 9.84. The van der Waals surface area contributed by atoms with Gasteiger partial charge < -0.3 is 10.2 Å². The highest BCUT2D eigenvalue weighted by atomic mass is 79.9. The second kappa shape index (κ2) is 6.38. The van der Waals surface area contributed by atoms with E-state index in [2.05, 4.69) is 32.7 Å². The van der Waals surface area contributed by atoms with E-state index in [0.29, 0.717) is 12.6 Å². The molecule has 1 aliphatic heterocycles. The number of hydrogen-bond donors (Lipinski definition) is 2. The molecule has 1 amide bonds. The van der Waals surface area contributed by atoms with Crippen molar-refractivity contribution in [1.29, 1.82) is 0 Å². The molecule has 1 saturated carbocycles. The number of rotatable bonds is 4. The zero-order valence-corrected chi connectivity index (χ0v) is 15.3. The molecular formula is C18H20BrN2OS+. The van der Waals surface area contributed by atoms with E-state index in [1.807, 2.05) is 35.6 Å². The van der Waals surface area contributed by atoms with Gasteiger partial charge in [0.2, 0.25) is 0 Å². The average molecular weight is 392 g/mol. The normalized spacial score (nSPS) is 23.3. The number of quaternary nitrogens is 1. The Kier molecular flexibility index (Phi) is 4.26. The Balaban J connectivity index is 1.46. The fourth-order valence-corrected chi connectivity index (χ4v) is 5.00. The molecular weight excluding hydrogens is 372 g/mol.